The lowest BCUT2D eigenvalue weighted by Gasteiger charge is -2.18. The van der Waals surface area contributed by atoms with E-state index in [2.05, 4.69) is 36.9 Å². The molecule has 0 aromatic heterocycles. The van der Waals surface area contributed by atoms with Gasteiger partial charge in [0.1, 0.15) is 12.4 Å². The molecule has 0 atom stereocenters. The van der Waals surface area contributed by atoms with Crippen LogP contribution in [0.4, 0.5) is 0 Å². The van der Waals surface area contributed by atoms with E-state index in [9.17, 15) is 4.79 Å². The Balaban J connectivity index is 2.01. The third-order valence-electron chi connectivity index (χ3n) is 4.36. The summed E-state index contributed by atoms with van der Waals surface area (Å²) in [6, 6.07) is 14.1. The average molecular weight is 325 g/mol. The van der Waals surface area contributed by atoms with Gasteiger partial charge in [0.05, 0.1) is 0 Å². The summed E-state index contributed by atoms with van der Waals surface area (Å²) in [4.78, 5) is 13.9. The van der Waals surface area contributed by atoms with E-state index in [1.54, 1.807) is 6.92 Å². The van der Waals surface area contributed by atoms with Crippen LogP contribution in [0.1, 0.15) is 36.7 Å². The third kappa shape index (κ3) is 4.68. The minimum absolute atomic E-state index is 0.107. The normalized spacial score (nSPS) is 10.9. The van der Waals surface area contributed by atoms with Crippen LogP contribution in [0.15, 0.2) is 42.5 Å². The van der Waals surface area contributed by atoms with Gasteiger partial charge >= 0.3 is 0 Å². The number of hydrogen-bond donors (Lipinski definition) is 0. The van der Waals surface area contributed by atoms with E-state index >= 15 is 0 Å². The van der Waals surface area contributed by atoms with Crippen LogP contribution >= 0.6 is 0 Å². The number of benzene rings is 2. The molecule has 0 N–H and O–H groups in total. The van der Waals surface area contributed by atoms with Crippen LogP contribution < -0.4 is 4.74 Å². The molecule has 0 spiro atoms. The highest BCUT2D eigenvalue weighted by Crippen LogP contribution is 2.25. The number of ether oxygens (including phenoxy) is 1. The minimum atomic E-state index is 0.107. The zero-order valence-corrected chi connectivity index (χ0v) is 15.1. The molecule has 0 aliphatic carbocycles. The van der Waals surface area contributed by atoms with E-state index in [1.807, 2.05) is 31.2 Å². The highest BCUT2D eigenvalue weighted by molar-refractivity contribution is 5.96. The lowest BCUT2D eigenvalue weighted by Crippen LogP contribution is -2.27. The monoisotopic (exact) mass is 325 g/mol. The van der Waals surface area contributed by atoms with E-state index in [-0.39, 0.29) is 5.78 Å². The maximum Gasteiger partial charge on any atom is 0.160 e. The van der Waals surface area contributed by atoms with Crippen molar-refractivity contribution >= 4 is 5.78 Å². The Labute approximate surface area is 145 Å². The molecule has 0 fully saturated rings. The van der Waals surface area contributed by atoms with Crippen LogP contribution in [0.25, 0.3) is 11.1 Å². The molecule has 0 radical (unpaired) electrons. The topological polar surface area (TPSA) is 29.5 Å². The third-order valence-corrected chi connectivity index (χ3v) is 4.36. The predicted octanol–water partition coefficient (Wildman–Crippen LogP) is 4.59. The van der Waals surface area contributed by atoms with Crippen molar-refractivity contribution < 1.29 is 9.53 Å². The van der Waals surface area contributed by atoms with Gasteiger partial charge in [-0.15, -0.1) is 0 Å². The largest absolute Gasteiger partial charge is 0.492 e. The fraction of sp³-hybridized carbons (Fsp3) is 0.381. The van der Waals surface area contributed by atoms with Crippen LogP contribution in [0.3, 0.4) is 0 Å². The molecule has 0 saturated carbocycles. The number of rotatable bonds is 8. The number of carbonyl (C=O) groups is 1. The van der Waals surface area contributed by atoms with Crippen molar-refractivity contribution in [3.05, 3.63) is 53.6 Å². The van der Waals surface area contributed by atoms with E-state index < -0.39 is 0 Å². The fourth-order valence-electron chi connectivity index (χ4n) is 2.81. The molecule has 0 aliphatic rings. The van der Waals surface area contributed by atoms with E-state index in [0.29, 0.717) is 6.61 Å². The van der Waals surface area contributed by atoms with Crippen LogP contribution in [0.2, 0.25) is 0 Å². The van der Waals surface area contributed by atoms with Crippen molar-refractivity contribution in [2.75, 3.05) is 26.2 Å². The quantitative estimate of drug-likeness (QED) is 0.665. The molecule has 0 unspecified atom stereocenters. The summed E-state index contributed by atoms with van der Waals surface area (Å²) in [7, 11) is 0. The molecule has 3 heteroatoms. The van der Waals surface area contributed by atoms with Gasteiger partial charge in [0, 0.05) is 12.1 Å². The summed E-state index contributed by atoms with van der Waals surface area (Å²) in [5.41, 5.74) is 4.05. The van der Waals surface area contributed by atoms with Crippen LogP contribution in [-0.4, -0.2) is 36.9 Å². The molecule has 2 aromatic carbocycles. The number of hydrogen-bond acceptors (Lipinski definition) is 3. The second-order valence-corrected chi connectivity index (χ2v) is 5.99. The van der Waals surface area contributed by atoms with Gasteiger partial charge in [0.25, 0.3) is 0 Å². The van der Waals surface area contributed by atoms with Gasteiger partial charge < -0.3 is 9.64 Å². The minimum Gasteiger partial charge on any atom is -0.492 e. The molecule has 2 rings (SSSR count). The smallest absolute Gasteiger partial charge is 0.160 e. The Bertz CT molecular complexity index is 673. The lowest BCUT2D eigenvalue weighted by molar-refractivity contribution is 0.101. The Morgan fingerprint density at radius 3 is 2.17 bits per heavy atom. The second-order valence-electron chi connectivity index (χ2n) is 5.99. The molecule has 24 heavy (non-hydrogen) atoms. The van der Waals surface area contributed by atoms with Gasteiger partial charge in [0.2, 0.25) is 0 Å². The Hall–Kier alpha value is -2.13. The standard InChI is InChI=1S/C21H27NO2/c1-5-22(6-2)13-14-24-20-10-7-18(8-11-20)19-9-12-21(17(4)23)16(3)15-19/h7-12,15H,5-6,13-14H2,1-4H3. The average Bonchev–Trinajstić information content (AvgIpc) is 2.59. The number of carbonyl (C=O) groups excluding carboxylic acids is 1. The molecule has 0 saturated heterocycles. The first-order valence-electron chi connectivity index (χ1n) is 8.62. The highest BCUT2D eigenvalue weighted by atomic mass is 16.5. The van der Waals surface area contributed by atoms with Crippen LogP contribution in [0.5, 0.6) is 5.75 Å². The van der Waals surface area contributed by atoms with Gasteiger partial charge in [0.15, 0.2) is 5.78 Å². The van der Waals surface area contributed by atoms with Crippen molar-refractivity contribution in [3.63, 3.8) is 0 Å². The highest BCUT2D eigenvalue weighted by Gasteiger charge is 2.06. The molecule has 0 heterocycles. The zero-order chi connectivity index (χ0) is 17.5. The summed E-state index contributed by atoms with van der Waals surface area (Å²) in [6.07, 6.45) is 0. The zero-order valence-electron chi connectivity index (χ0n) is 15.1. The maximum absolute atomic E-state index is 11.5. The molecule has 3 nitrogen and oxygen atoms in total. The summed E-state index contributed by atoms with van der Waals surface area (Å²) in [5, 5.41) is 0. The molecular formula is C21H27NO2. The van der Waals surface area contributed by atoms with Gasteiger partial charge in [-0.1, -0.05) is 44.2 Å². The Morgan fingerprint density at radius 1 is 1.00 bits per heavy atom. The van der Waals surface area contributed by atoms with E-state index in [4.69, 9.17) is 4.74 Å². The molecule has 2 aromatic rings. The molecular weight excluding hydrogens is 298 g/mol. The number of Topliss-reactive ketones (excluding diaryl/α,β-unsaturated/α-hetero) is 1. The lowest BCUT2D eigenvalue weighted by atomic mass is 9.98. The SMILES string of the molecule is CCN(CC)CCOc1ccc(-c2ccc(C(C)=O)c(C)c2)cc1. The van der Waals surface area contributed by atoms with Crippen molar-refractivity contribution in [2.24, 2.45) is 0 Å². The van der Waals surface area contributed by atoms with Gasteiger partial charge in [-0.2, -0.15) is 0 Å². The van der Waals surface area contributed by atoms with Crippen LogP contribution in [0, 0.1) is 6.92 Å². The summed E-state index contributed by atoms with van der Waals surface area (Å²) >= 11 is 0. The maximum atomic E-state index is 11.5. The van der Waals surface area contributed by atoms with Gasteiger partial charge in [-0.25, -0.2) is 0 Å². The first-order valence-corrected chi connectivity index (χ1v) is 8.62. The number of aryl methyl sites for hydroxylation is 1. The Kier molecular flexibility index (Phi) is 6.56. The molecule has 0 aliphatic heterocycles. The van der Waals surface area contributed by atoms with Crippen molar-refractivity contribution in [1.29, 1.82) is 0 Å². The van der Waals surface area contributed by atoms with Gasteiger partial charge in [-0.3, -0.25) is 4.79 Å². The Morgan fingerprint density at radius 2 is 1.62 bits per heavy atom. The summed E-state index contributed by atoms with van der Waals surface area (Å²) < 4.78 is 5.82. The van der Waals surface area contributed by atoms with Crippen molar-refractivity contribution in [1.82, 2.24) is 4.90 Å². The molecule has 0 bridgehead atoms. The van der Waals surface area contributed by atoms with E-state index in [0.717, 1.165) is 47.6 Å². The van der Waals surface area contributed by atoms with Crippen molar-refractivity contribution in [2.45, 2.75) is 27.7 Å². The number of likely N-dealkylation sites (N-methyl/N-ethyl adjacent to an activating group) is 1. The first-order chi connectivity index (χ1) is 11.5. The number of nitrogens with zero attached hydrogens (tertiary/aromatic N) is 1. The van der Waals surface area contributed by atoms with Gasteiger partial charge in [-0.05, 0) is 55.8 Å². The summed E-state index contributed by atoms with van der Waals surface area (Å²) in [6.45, 7) is 11.7. The predicted molar refractivity (Wildman–Crippen MR) is 99.9 cm³/mol. The number of ketones is 1. The first kappa shape index (κ1) is 18.2. The molecule has 128 valence electrons. The fourth-order valence-corrected chi connectivity index (χ4v) is 2.81. The van der Waals surface area contributed by atoms with Crippen molar-refractivity contribution in [3.8, 4) is 16.9 Å². The van der Waals surface area contributed by atoms with Crippen LogP contribution in [-0.2, 0) is 0 Å². The van der Waals surface area contributed by atoms with E-state index in [1.165, 1.54) is 0 Å². The second kappa shape index (κ2) is 8.65. The summed E-state index contributed by atoms with van der Waals surface area (Å²) in [5.74, 6) is 0.999. The molecule has 0 amide bonds.